The number of anilines is 1. The van der Waals surface area contributed by atoms with Crippen molar-refractivity contribution in [3.63, 3.8) is 0 Å². The summed E-state index contributed by atoms with van der Waals surface area (Å²) in [5.74, 6) is 0. The number of fused-ring (bicyclic) bond motifs is 2. The van der Waals surface area contributed by atoms with Gasteiger partial charge in [0.15, 0.2) is 0 Å². The summed E-state index contributed by atoms with van der Waals surface area (Å²) >= 11 is 0.784. The molecule has 1 aliphatic heterocycles. The van der Waals surface area contributed by atoms with Gasteiger partial charge in [-0.25, -0.2) is 0 Å². The number of aromatic nitrogens is 1. The first-order valence-electron chi connectivity index (χ1n) is 10.4. The van der Waals surface area contributed by atoms with Crippen molar-refractivity contribution < 1.29 is 28.5 Å². The summed E-state index contributed by atoms with van der Waals surface area (Å²) in [6, 6.07) is 13.9. The maximum atomic E-state index is 2.52. The van der Waals surface area contributed by atoms with Gasteiger partial charge in [-0.2, -0.15) is 0 Å². The summed E-state index contributed by atoms with van der Waals surface area (Å²) in [5.41, 5.74) is 6.99. The Kier molecular flexibility index (Phi) is 8.08. The number of halogens is 1. The number of benzene rings is 2. The van der Waals surface area contributed by atoms with Crippen LogP contribution < -0.4 is 37.9 Å². The second-order valence-electron chi connectivity index (χ2n) is 7.53. The quantitative estimate of drug-likeness (QED) is 0.232. The Labute approximate surface area is 210 Å². The molecule has 4 rings (SSSR count). The Morgan fingerprint density at radius 3 is 2.47 bits per heavy atom. The summed E-state index contributed by atoms with van der Waals surface area (Å²) in [4.78, 5) is 2.52. The van der Waals surface area contributed by atoms with Crippen LogP contribution in [0.4, 0.5) is 5.69 Å². The van der Waals surface area contributed by atoms with Crippen LogP contribution in [0.1, 0.15) is 42.9 Å². The maximum absolute atomic E-state index is 2.52. The fourth-order valence-corrected chi connectivity index (χ4v) is 8.82. The van der Waals surface area contributed by atoms with Gasteiger partial charge in [-0.3, -0.25) is 0 Å². The molecule has 0 unspecified atom stereocenters. The van der Waals surface area contributed by atoms with Crippen LogP contribution in [0, 0.1) is 13.8 Å². The molecule has 0 saturated heterocycles. The zero-order valence-electron chi connectivity index (χ0n) is 18.3. The Hall–Kier alpha value is -0.841. The fourth-order valence-electron chi connectivity index (χ4n) is 3.85. The van der Waals surface area contributed by atoms with Crippen molar-refractivity contribution in [2.75, 3.05) is 11.4 Å². The van der Waals surface area contributed by atoms with Crippen LogP contribution in [-0.2, 0) is 6.54 Å². The molecular weight excluding hydrogens is 613 g/mol. The third-order valence-electron chi connectivity index (χ3n) is 5.43. The molecular formula is C25H29IN2Se2. The summed E-state index contributed by atoms with van der Waals surface area (Å²) in [6.07, 6.45) is 6.02. The second-order valence-corrected chi connectivity index (χ2v) is 12.0. The first kappa shape index (κ1) is 23.8. The second kappa shape index (κ2) is 10.2. The van der Waals surface area contributed by atoms with Crippen molar-refractivity contribution in [1.29, 1.82) is 0 Å². The van der Waals surface area contributed by atoms with E-state index < -0.39 is 0 Å². The number of allylic oxidation sites excluding steroid dienone is 2. The van der Waals surface area contributed by atoms with Crippen molar-refractivity contribution in [3.8, 4) is 0 Å². The zero-order valence-corrected chi connectivity index (χ0v) is 23.9. The zero-order chi connectivity index (χ0) is 20.5. The van der Waals surface area contributed by atoms with Crippen molar-refractivity contribution >= 4 is 55.5 Å². The molecule has 0 fully saturated rings. The SMILES string of the molecule is CCC(/C=C1\[Se]c2ccc(C)cc2N1CC)=C\c1[se]c2ccc(C)cc2[n+]1CC.[I-]. The average molecular weight is 642 g/mol. The van der Waals surface area contributed by atoms with Gasteiger partial charge in [-0.1, -0.05) is 0 Å². The van der Waals surface area contributed by atoms with E-state index in [4.69, 9.17) is 0 Å². The van der Waals surface area contributed by atoms with Gasteiger partial charge >= 0.3 is 187 Å². The van der Waals surface area contributed by atoms with E-state index in [1.54, 1.807) is 0 Å². The molecule has 0 atom stereocenters. The number of nitrogens with zero attached hydrogens (tertiary/aromatic N) is 2. The van der Waals surface area contributed by atoms with Gasteiger partial charge in [0.2, 0.25) is 0 Å². The Morgan fingerprint density at radius 2 is 1.77 bits per heavy atom. The molecule has 0 bridgehead atoms. The van der Waals surface area contributed by atoms with E-state index in [1.165, 1.54) is 45.8 Å². The predicted molar refractivity (Wildman–Crippen MR) is 127 cm³/mol. The van der Waals surface area contributed by atoms with Crippen molar-refractivity contribution in [1.82, 2.24) is 0 Å². The standard InChI is InChI=1S/C25H29N2Se2.HI/c1-6-19(15-24-26(7-2)20-13-17(4)9-11-22(20)28-24)16-25-27(8-3)21-14-18(5)10-12-23(21)29-25;/h9-16H,6-8H2,1-5H3;1H/q+1;/p-1. The largest absolute Gasteiger partial charge is 1.00 e. The fraction of sp³-hybridized carbons (Fsp3) is 0.320. The van der Waals surface area contributed by atoms with Gasteiger partial charge < -0.3 is 24.0 Å². The van der Waals surface area contributed by atoms with Gasteiger partial charge in [-0.15, -0.1) is 0 Å². The first-order chi connectivity index (χ1) is 14.0. The number of aryl methyl sites for hydroxylation is 3. The Balaban J connectivity index is 0.00000256. The van der Waals surface area contributed by atoms with Crippen LogP contribution in [-0.4, -0.2) is 36.0 Å². The molecule has 0 amide bonds. The maximum Gasteiger partial charge on any atom is -1.00 e. The molecule has 0 saturated carbocycles. The summed E-state index contributed by atoms with van der Waals surface area (Å²) in [7, 11) is 0. The van der Waals surface area contributed by atoms with Crippen LogP contribution in [0.25, 0.3) is 15.9 Å². The molecule has 2 aromatic carbocycles. The van der Waals surface area contributed by atoms with E-state index in [-0.39, 0.29) is 24.0 Å². The summed E-state index contributed by atoms with van der Waals surface area (Å²) in [6.45, 7) is 13.3. The molecule has 3 aromatic rings. The molecule has 5 heteroatoms. The van der Waals surface area contributed by atoms with Crippen LogP contribution in [0.3, 0.4) is 0 Å². The molecule has 0 aliphatic carbocycles. The first-order valence-corrected chi connectivity index (χ1v) is 13.9. The predicted octanol–water partition coefficient (Wildman–Crippen LogP) is 1.33. The molecule has 2 nitrogen and oxygen atoms in total. The van der Waals surface area contributed by atoms with E-state index >= 15 is 0 Å². The van der Waals surface area contributed by atoms with Crippen LogP contribution in [0.2, 0.25) is 0 Å². The minimum Gasteiger partial charge on any atom is -1.00 e. The number of rotatable bonds is 5. The van der Waals surface area contributed by atoms with Gasteiger partial charge in [-0.05, 0) is 0 Å². The van der Waals surface area contributed by atoms with Crippen molar-refractivity contribution in [3.05, 3.63) is 68.3 Å². The van der Waals surface area contributed by atoms with Crippen molar-refractivity contribution in [2.24, 2.45) is 0 Å². The van der Waals surface area contributed by atoms with E-state index in [1.807, 2.05) is 0 Å². The summed E-state index contributed by atoms with van der Waals surface area (Å²) in [5, 5.41) is 0. The smallest absolute Gasteiger partial charge is 1.00 e. The monoisotopic (exact) mass is 644 g/mol. The molecule has 0 N–H and O–H groups in total. The topological polar surface area (TPSA) is 7.12 Å². The normalized spacial score (nSPS) is 15.0. The number of hydrogen-bond acceptors (Lipinski definition) is 1. The van der Waals surface area contributed by atoms with E-state index in [9.17, 15) is 0 Å². The minimum absolute atomic E-state index is 0. The Morgan fingerprint density at radius 1 is 1.03 bits per heavy atom. The molecule has 30 heavy (non-hydrogen) atoms. The third kappa shape index (κ3) is 4.66. The van der Waals surface area contributed by atoms with Crippen LogP contribution >= 0.6 is 0 Å². The minimum atomic E-state index is 0. The molecule has 0 radical (unpaired) electrons. The summed E-state index contributed by atoms with van der Waals surface area (Å²) < 4.78 is 8.55. The molecule has 2 heterocycles. The van der Waals surface area contributed by atoms with E-state index in [0.29, 0.717) is 29.5 Å². The average Bonchev–Trinajstić information content (AvgIpc) is 3.23. The van der Waals surface area contributed by atoms with Crippen LogP contribution in [0.5, 0.6) is 0 Å². The number of hydrogen-bond donors (Lipinski definition) is 0. The van der Waals surface area contributed by atoms with E-state index in [2.05, 4.69) is 92.6 Å². The third-order valence-corrected chi connectivity index (χ3v) is 10.1. The van der Waals surface area contributed by atoms with Crippen LogP contribution in [0.15, 0.2) is 52.6 Å². The van der Waals surface area contributed by atoms with Crippen molar-refractivity contribution in [2.45, 2.75) is 47.6 Å². The molecule has 1 aliphatic rings. The van der Waals surface area contributed by atoms with E-state index in [0.717, 1.165) is 19.5 Å². The Bertz CT molecular complexity index is 1130. The van der Waals surface area contributed by atoms with Gasteiger partial charge in [0.25, 0.3) is 0 Å². The molecule has 0 spiro atoms. The van der Waals surface area contributed by atoms with Gasteiger partial charge in [0.05, 0.1) is 0 Å². The molecule has 1 aromatic heterocycles. The van der Waals surface area contributed by atoms with Gasteiger partial charge in [0.1, 0.15) is 0 Å². The molecule has 158 valence electrons. The van der Waals surface area contributed by atoms with Gasteiger partial charge in [0, 0.05) is 0 Å².